The highest BCUT2D eigenvalue weighted by atomic mass is 32.2. The average molecular weight is 518 g/mol. The normalized spacial score (nSPS) is 11.8. The van der Waals surface area contributed by atoms with Crippen molar-refractivity contribution in [2.75, 3.05) is 10.0 Å². The van der Waals surface area contributed by atoms with Gasteiger partial charge in [0.05, 0.1) is 4.90 Å². The van der Waals surface area contributed by atoms with Gasteiger partial charge >= 0.3 is 0 Å². The number of hydrogen-bond donors (Lipinski definition) is 3. The highest BCUT2D eigenvalue weighted by molar-refractivity contribution is 7.92. The second kappa shape index (κ2) is 11.5. The summed E-state index contributed by atoms with van der Waals surface area (Å²) in [6, 6.07) is 27.4. The van der Waals surface area contributed by atoms with E-state index in [-0.39, 0.29) is 16.9 Å². The lowest BCUT2D eigenvalue weighted by atomic mass is 10.0. The summed E-state index contributed by atoms with van der Waals surface area (Å²) in [5.41, 5.74) is 1.83. The Morgan fingerprint density at radius 2 is 1.32 bits per heavy atom. The minimum Gasteiger partial charge on any atom is -0.340 e. The lowest BCUT2D eigenvalue weighted by Crippen LogP contribution is -2.45. The van der Waals surface area contributed by atoms with Crippen molar-refractivity contribution in [3.05, 3.63) is 126 Å². The van der Waals surface area contributed by atoms with Gasteiger partial charge in [-0.1, -0.05) is 48.5 Å². The number of anilines is 2. The van der Waals surface area contributed by atoms with Crippen molar-refractivity contribution in [3.8, 4) is 0 Å². The average Bonchev–Trinajstić information content (AvgIpc) is 2.90. The summed E-state index contributed by atoms with van der Waals surface area (Å²) in [7, 11) is -3.81. The van der Waals surface area contributed by atoms with Crippen LogP contribution in [0.15, 0.2) is 114 Å². The van der Waals surface area contributed by atoms with Gasteiger partial charge in [0, 0.05) is 23.4 Å². The van der Waals surface area contributed by atoms with Gasteiger partial charge < -0.3 is 10.6 Å². The van der Waals surface area contributed by atoms with Gasteiger partial charge in [0.2, 0.25) is 5.91 Å². The minimum atomic E-state index is -3.81. The van der Waals surface area contributed by atoms with Crippen molar-refractivity contribution < 1.29 is 22.4 Å². The van der Waals surface area contributed by atoms with Gasteiger partial charge in [0.1, 0.15) is 11.9 Å². The fraction of sp³-hybridized carbons (Fsp3) is 0.0714. The molecule has 0 radical (unpaired) electrons. The maximum atomic E-state index is 13.2. The van der Waals surface area contributed by atoms with Crippen molar-refractivity contribution in [1.82, 2.24) is 5.32 Å². The number of hydrogen-bond acceptors (Lipinski definition) is 4. The molecule has 1 atom stereocenters. The fourth-order valence-electron chi connectivity index (χ4n) is 3.57. The number of sulfonamides is 1. The molecule has 0 spiro atoms. The van der Waals surface area contributed by atoms with Gasteiger partial charge in [-0.05, 0) is 66.2 Å². The smallest absolute Gasteiger partial charge is 0.261 e. The van der Waals surface area contributed by atoms with Crippen LogP contribution in [-0.2, 0) is 21.2 Å². The molecule has 7 nitrogen and oxygen atoms in total. The van der Waals surface area contributed by atoms with Gasteiger partial charge in [-0.3, -0.25) is 14.3 Å². The second-order valence-electron chi connectivity index (χ2n) is 8.21. The molecule has 188 valence electrons. The molecule has 0 fully saturated rings. The van der Waals surface area contributed by atoms with E-state index in [4.69, 9.17) is 0 Å². The van der Waals surface area contributed by atoms with Crippen LogP contribution in [0.4, 0.5) is 15.8 Å². The topological polar surface area (TPSA) is 104 Å². The van der Waals surface area contributed by atoms with Crippen molar-refractivity contribution >= 4 is 33.2 Å². The molecule has 4 aromatic carbocycles. The fourth-order valence-corrected chi connectivity index (χ4v) is 4.63. The number of nitrogens with one attached hydrogen (secondary N) is 3. The van der Waals surface area contributed by atoms with Gasteiger partial charge in [-0.25, -0.2) is 12.8 Å². The van der Waals surface area contributed by atoms with E-state index in [9.17, 15) is 22.4 Å². The molecular weight excluding hydrogens is 493 g/mol. The number of carbonyl (C=O) groups excluding carboxylic acids is 2. The van der Waals surface area contributed by atoms with Crippen molar-refractivity contribution in [3.63, 3.8) is 0 Å². The van der Waals surface area contributed by atoms with Gasteiger partial charge in [0.15, 0.2) is 0 Å². The van der Waals surface area contributed by atoms with E-state index >= 15 is 0 Å². The molecule has 0 aliphatic carbocycles. The predicted octanol–water partition coefficient (Wildman–Crippen LogP) is 4.61. The van der Waals surface area contributed by atoms with E-state index < -0.39 is 33.7 Å². The van der Waals surface area contributed by atoms with Crippen molar-refractivity contribution in [1.29, 1.82) is 0 Å². The molecule has 0 bridgehead atoms. The van der Waals surface area contributed by atoms with Crippen LogP contribution in [0.2, 0.25) is 0 Å². The first-order valence-electron chi connectivity index (χ1n) is 11.4. The molecule has 0 aromatic heterocycles. The summed E-state index contributed by atoms with van der Waals surface area (Å²) in [5.74, 6) is -1.48. The van der Waals surface area contributed by atoms with E-state index in [1.807, 2.05) is 30.3 Å². The molecule has 37 heavy (non-hydrogen) atoms. The summed E-state index contributed by atoms with van der Waals surface area (Å²) >= 11 is 0. The minimum absolute atomic E-state index is 0.0276. The van der Waals surface area contributed by atoms with E-state index in [1.54, 1.807) is 30.3 Å². The second-order valence-corrected chi connectivity index (χ2v) is 9.89. The van der Waals surface area contributed by atoms with Crippen LogP contribution in [-0.4, -0.2) is 26.3 Å². The summed E-state index contributed by atoms with van der Waals surface area (Å²) in [5, 5.41) is 5.43. The van der Waals surface area contributed by atoms with E-state index in [1.165, 1.54) is 48.5 Å². The SMILES string of the molecule is O=C(NC(Cc1ccccc1)C(=O)Nc1ccc(S(=O)(=O)Nc2ccccc2)cc1)c1ccc(F)cc1. The van der Waals surface area contributed by atoms with Crippen LogP contribution in [0.5, 0.6) is 0 Å². The van der Waals surface area contributed by atoms with Crippen LogP contribution in [0, 0.1) is 5.82 Å². The molecule has 0 aliphatic rings. The highest BCUT2D eigenvalue weighted by Gasteiger charge is 2.23. The Morgan fingerprint density at radius 1 is 0.730 bits per heavy atom. The lowest BCUT2D eigenvalue weighted by Gasteiger charge is -2.19. The van der Waals surface area contributed by atoms with Crippen LogP contribution < -0.4 is 15.4 Å². The van der Waals surface area contributed by atoms with E-state index in [0.29, 0.717) is 11.4 Å². The molecule has 2 amide bonds. The van der Waals surface area contributed by atoms with Gasteiger partial charge in [-0.15, -0.1) is 0 Å². The monoisotopic (exact) mass is 517 g/mol. The van der Waals surface area contributed by atoms with E-state index in [0.717, 1.165) is 5.56 Å². The van der Waals surface area contributed by atoms with Crippen LogP contribution in [0.3, 0.4) is 0 Å². The van der Waals surface area contributed by atoms with Crippen molar-refractivity contribution in [2.24, 2.45) is 0 Å². The highest BCUT2D eigenvalue weighted by Crippen LogP contribution is 2.18. The Kier molecular flexibility index (Phi) is 7.95. The molecule has 1 unspecified atom stereocenters. The first-order valence-corrected chi connectivity index (χ1v) is 12.9. The Balaban J connectivity index is 1.48. The van der Waals surface area contributed by atoms with Crippen LogP contribution in [0.25, 0.3) is 0 Å². The lowest BCUT2D eigenvalue weighted by molar-refractivity contribution is -0.118. The Labute approximate surface area is 214 Å². The summed E-state index contributed by atoms with van der Waals surface area (Å²) in [6.07, 6.45) is 0.215. The largest absolute Gasteiger partial charge is 0.340 e. The summed E-state index contributed by atoms with van der Waals surface area (Å²) < 4.78 is 41.0. The molecule has 9 heteroatoms. The number of rotatable bonds is 9. The summed E-state index contributed by atoms with van der Waals surface area (Å²) in [6.45, 7) is 0. The Morgan fingerprint density at radius 3 is 1.95 bits per heavy atom. The molecular formula is C28H24FN3O4S. The zero-order chi connectivity index (χ0) is 26.3. The Hall–Kier alpha value is -4.50. The number of halogens is 1. The zero-order valence-electron chi connectivity index (χ0n) is 19.6. The van der Waals surface area contributed by atoms with Gasteiger partial charge in [0.25, 0.3) is 15.9 Å². The first kappa shape index (κ1) is 25.6. The maximum Gasteiger partial charge on any atom is 0.261 e. The predicted molar refractivity (Wildman–Crippen MR) is 140 cm³/mol. The van der Waals surface area contributed by atoms with Gasteiger partial charge in [-0.2, -0.15) is 0 Å². The zero-order valence-corrected chi connectivity index (χ0v) is 20.4. The number of benzene rings is 4. The summed E-state index contributed by atoms with van der Waals surface area (Å²) in [4.78, 5) is 25.9. The van der Waals surface area contributed by atoms with Crippen LogP contribution >= 0.6 is 0 Å². The third kappa shape index (κ3) is 7.02. The third-order valence-corrected chi connectivity index (χ3v) is 6.87. The molecule has 0 aliphatic heterocycles. The maximum absolute atomic E-state index is 13.2. The molecule has 4 aromatic rings. The van der Waals surface area contributed by atoms with E-state index in [2.05, 4.69) is 15.4 Å². The molecule has 0 saturated heterocycles. The number of carbonyl (C=O) groups is 2. The molecule has 0 heterocycles. The number of amides is 2. The molecule has 0 saturated carbocycles. The van der Waals surface area contributed by atoms with Crippen molar-refractivity contribution in [2.45, 2.75) is 17.4 Å². The Bertz CT molecular complexity index is 1460. The quantitative estimate of drug-likeness (QED) is 0.302. The molecule has 3 N–H and O–H groups in total. The first-order chi connectivity index (χ1) is 17.8. The third-order valence-electron chi connectivity index (χ3n) is 5.47. The van der Waals surface area contributed by atoms with Crippen LogP contribution in [0.1, 0.15) is 15.9 Å². The number of para-hydroxylation sites is 1. The molecule has 4 rings (SSSR count). The standard InChI is InChI=1S/C28H24FN3O4S/c29-22-13-11-21(12-14-22)27(33)31-26(19-20-7-3-1-4-8-20)28(34)30-23-15-17-25(18-16-23)37(35,36)32-24-9-5-2-6-10-24/h1-18,26,32H,19H2,(H,30,34)(H,31,33).